The molecule has 4 fully saturated rings. The number of hydrogen-bond acceptors (Lipinski definition) is 6. The van der Waals surface area contributed by atoms with Gasteiger partial charge in [-0.05, 0) is 146 Å². The smallest absolute Gasteiger partial charge is 0.344 e. The van der Waals surface area contributed by atoms with Crippen molar-refractivity contribution >= 4 is 17.7 Å². The van der Waals surface area contributed by atoms with Crippen molar-refractivity contribution < 1.29 is 29.0 Å². The molecule has 8 nitrogen and oxygen atoms in total. The summed E-state index contributed by atoms with van der Waals surface area (Å²) >= 11 is 0. The average Bonchev–Trinajstić information content (AvgIpc) is 3.66. The maximum Gasteiger partial charge on any atom is 0.344 e. The summed E-state index contributed by atoms with van der Waals surface area (Å²) in [5, 5.41) is 18.5. The summed E-state index contributed by atoms with van der Waals surface area (Å²) in [4.78, 5) is 41.5. The Bertz CT molecular complexity index is 2020. The SMILES string of the molecule is C[C@H]1[C@H](C)CC[C@]2(C)CC[C@]3(C)C(=CC(=O)[C@@H]4[C@@]5(C)CC[C@@H](OC(=O)COc6ccc(-c7cc(-c8ccccc8)n[nH]7)cc6)[C@](C)(C(=O)O)[C@@H]5CC[C@]43C)[C@H]12. The fraction of sp³-hybridized carbons (Fsp3) is 0.574. The molecule has 0 radical (unpaired) electrons. The second-order valence-electron chi connectivity index (χ2n) is 19.2. The number of nitrogens with one attached hydrogen (secondary N) is 1. The number of carbonyl (C=O) groups excluding carboxylic acids is 2. The predicted molar refractivity (Wildman–Crippen MR) is 212 cm³/mol. The Morgan fingerprint density at radius 1 is 0.873 bits per heavy atom. The van der Waals surface area contributed by atoms with Gasteiger partial charge in [0.2, 0.25) is 0 Å². The molecule has 3 aromatic rings. The lowest BCUT2D eigenvalue weighted by molar-refractivity contribution is -0.221. The molecular formula is C47H58N2O6. The molecule has 0 saturated heterocycles. The first-order chi connectivity index (χ1) is 26.0. The van der Waals surface area contributed by atoms with Crippen molar-refractivity contribution in [1.82, 2.24) is 10.2 Å². The van der Waals surface area contributed by atoms with E-state index in [-0.39, 0.29) is 40.5 Å². The summed E-state index contributed by atoms with van der Waals surface area (Å²) in [7, 11) is 0. The van der Waals surface area contributed by atoms with Crippen molar-refractivity contribution in [2.75, 3.05) is 6.61 Å². The Labute approximate surface area is 325 Å². The van der Waals surface area contributed by atoms with Crippen LogP contribution in [0.1, 0.15) is 99.8 Å². The van der Waals surface area contributed by atoms with Crippen LogP contribution in [-0.2, 0) is 19.1 Å². The Balaban J connectivity index is 0.980. The van der Waals surface area contributed by atoms with Gasteiger partial charge in [-0.1, -0.05) is 77.4 Å². The quantitative estimate of drug-likeness (QED) is 0.231. The fourth-order valence-electron chi connectivity index (χ4n) is 13.1. The molecule has 1 heterocycles. The Morgan fingerprint density at radius 2 is 1.60 bits per heavy atom. The van der Waals surface area contributed by atoms with Gasteiger partial charge in [0.15, 0.2) is 12.4 Å². The van der Waals surface area contributed by atoms with Crippen LogP contribution in [0.3, 0.4) is 0 Å². The highest BCUT2D eigenvalue weighted by Gasteiger charge is 2.72. The van der Waals surface area contributed by atoms with E-state index < -0.39 is 28.9 Å². The van der Waals surface area contributed by atoms with Crippen LogP contribution >= 0.6 is 0 Å². The number of carboxylic acid groups (broad SMARTS) is 1. The first kappa shape index (κ1) is 37.7. The first-order valence-electron chi connectivity index (χ1n) is 20.6. The van der Waals surface area contributed by atoms with E-state index in [1.54, 1.807) is 19.1 Å². The van der Waals surface area contributed by atoms with E-state index in [0.29, 0.717) is 42.8 Å². The molecule has 0 bridgehead atoms. The van der Waals surface area contributed by atoms with Gasteiger partial charge in [0.25, 0.3) is 0 Å². The highest BCUT2D eigenvalue weighted by Crippen LogP contribution is 2.75. The van der Waals surface area contributed by atoms with Crippen molar-refractivity contribution in [3.8, 4) is 28.3 Å². The van der Waals surface area contributed by atoms with Crippen LogP contribution in [0, 0.1) is 56.7 Å². The van der Waals surface area contributed by atoms with Crippen molar-refractivity contribution in [3.05, 3.63) is 72.3 Å². The Kier molecular flexibility index (Phi) is 9.05. The van der Waals surface area contributed by atoms with Crippen LogP contribution < -0.4 is 4.74 Å². The number of esters is 1. The zero-order valence-corrected chi connectivity index (χ0v) is 33.6. The molecule has 0 spiro atoms. The second kappa shape index (κ2) is 13.2. The van der Waals surface area contributed by atoms with Gasteiger partial charge in [-0.15, -0.1) is 0 Å². The largest absolute Gasteiger partial charge is 0.482 e. The molecule has 0 aliphatic heterocycles. The number of allylic oxidation sites excluding steroid dienone is 2. The lowest BCUT2D eigenvalue weighted by Crippen LogP contribution is -2.68. The van der Waals surface area contributed by atoms with Crippen LogP contribution in [0.25, 0.3) is 22.5 Å². The fourth-order valence-corrected chi connectivity index (χ4v) is 13.1. The molecule has 8 rings (SSSR count). The summed E-state index contributed by atoms with van der Waals surface area (Å²) in [6.45, 7) is 15.6. The highest BCUT2D eigenvalue weighted by molar-refractivity contribution is 5.96. The molecule has 0 unspecified atom stereocenters. The Hall–Kier alpha value is -4.20. The predicted octanol–water partition coefficient (Wildman–Crippen LogP) is 9.96. The number of carbonyl (C=O) groups is 3. The van der Waals surface area contributed by atoms with Crippen molar-refractivity contribution in [3.63, 3.8) is 0 Å². The van der Waals surface area contributed by atoms with Gasteiger partial charge in [-0.3, -0.25) is 14.7 Å². The summed E-state index contributed by atoms with van der Waals surface area (Å²) in [5.41, 5.74) is 2.94. The van der Waals surface area contributed by atoms with E-state index in [1.165, 1.54) is 18.4 Å². The molecule has 11 atom stereocenters. The van der Waals surface area contributed by atoms with Gasteiger partial charge < -0.3 is 14.6 Å². The average molecular weight is 747 g/mol. The van der Waals surface area contributed by atoms with E-state index in [2.05, 4.69) is 57.8 Å². The minimum atomic E-state index is -1.35. The number of carboxylic acids is 1. The maximum absolute atomic E-state index is 14.7. The van der Waals surface area contributed by atoms with E-state index in [0.717, 1.165) is 41.8 Å². The number of ether oxygens (including phenoxy) is 2. The summed E-state index contributed by atoms with van der Waals surface area (Å²) in [6, 6.07) is 19.3. The second-order valence-corrected chi connectivity index (χ2v) is 19.2. The lowest BCUT2D eigenvalue weighted by atomic mass is 9.33. The number of aliphatic carboxylic acids is 1. The van der Waals surface area contributed by atoms with Gasteiger partial charge in [0, 0.05) is 11.5 Å². The summed E-state index contributed by atoms with van der Waals surface area (Å²) in [5.74, 6) is 0.0357. The topological polar surface area (TPSA) is 119 Å². The molecule has 5 aliphatic carbocycles. The lowest BCUT2D eigenvalue weighted by Gasteiger charge is -2.70. The number of aromatic nitrogens is 2. The number of fused-ring (bicyclic) bond motifs is 7. The van der Waals surface area contributed by atoms with Gasteiger partial charge >= 0.3 is 11.9 Å². The first-order valence-corrected chi connectivity index (χ1v) is 20.6. The zero-order chi connectivity index (χ0) is 39.1. The summed E-state index contributed by atoms with van der Waals surface area (Å²) < 4.78 is 11.9. The van der Waals surface area contributed by atoms with E-state index >= 15 is 0 Å². The van der Waals surface area contributed by atoms with Crippen LogP contribution in [0.4, 0.5) is 0 Å². The van der Waals surface area contributed by atoms with Crippen molar-refractivity contribution in [2.24, 2.45) is 56.7 Å². The van der Waals surface area contributed by atoms with E-state index in [9.17, 15) is 19.5 Å². The van der Waals surface area contributed by atoms with Gasteiger partial charge in [0.05, 0.1) is 11.4 Å². The summed E-state index contributed by atoms with van der Waals surface area (Å²) in [6.07, 6.45) is 8.37. The highest BCUT2D eigenvalue weighted by atomic mass is 16.6. The van der Waals surface area contributed by atoms with Gasteiger partial charge in [-0.25, -0.2) is 4.79 Å². The third kappa shape index (κ3) is 5.66. The Morgan fingerprint density at radius 3 is 2.31 bits per heavy atom. The number of aromatic amines is 1. The number of ketones is 1. The molecule has 4 saturated carbocycles. The molecule has 0 amide bonds. The minimum absolute atomic E-state index is 0.128. The van der Waals surface area contributed by atoms with Gasteiger partial charge in [-0.2, -0.15) is 5.10 Å². The molecule has 1 aromatic heterocycles. The number of rotatable bonds is 7. The van der Waals surface area contributed by atoms with Crippen LogP contribution in [0.5, 0.6) is 5.75 Å². The number of nitrogens with zero attached hydrogens (tertiary/aromatic N) is 1. The molecule has 2 aromatic carbocycles. The van der Waals surface area contributed by atoms with Crippen LogP contribution in [0.15, 0.2) is 72.3 Å². The monoisotopic (exact) mass is 746 g/mol. The van der Waals surface area contributed by atoms with Crippen LogP contribution in [-0.4, -0.2) is 45.7 Å². The minimum Gasteiger partial charge on any atom is -0.482 e. The molecule has 8 heteroatoms. The number of H-pyrrole nitrogens is 1. The maximum atomic E-state index is 14.7. The van der Waals surface area contributed by atoms with Crippen molar-refractivity contribution in [2.45, 2.75) is 106 Å². The van der Waals surface area contributed by atoms with Gasteiger partial charge in [0.1, 0.15) is 17.3 Å². The third-order valence-electron chi connectivity index (χ3n) is 16.6. The molecule has 5 aliphatic rings. The number of benzene rings is 2. The molecule has 292 valence electrons. The molecule has 2 N–H and O–H groups in total. The van der Waals surface area contributed by atoms with Crippen molar-refractivity contribution in [1.29, 1.82) is 0 Å². The standard InChI is InChI=1S/C47H58N2O6/c1-28-17-20-43(3)23-24-45(5)33(40(43)29(28)2)25-36(50)41-44(4)21-19-38(47(7,42(52)53)37(44)18-22-46(41,45)6)55-39(51)27-54-32-15-13-31(14-16-32)35-26-34(48-49-35)30-11-9-8-10-12-30/h8-16,25-26,28-29,37-38,40-41H,17-24,27H2,1-7H3,(H,48,49)(H,52,53)/t28-,29+,37-,38-,40+,41-,43-,44+,45-,46-,47-/m1/s1. The zero-order valence-electron chi connectivity index (χ0n) is 33.6. The van der Waals surface area contributed by atoms with E-state index in [4.69, 9.17) is 9.47 Å². The molecule has 55 heavy (non-hydrogen) atoms. The number of hydrogen-bond donors (Lipinski definition) is 2. The molecular weight excluding hydrogens is 689 g/mol. The third-order valence-corrected chi connectivity index (χ3v) is 16.6. The van der Waals surface area contributed by atoms with Crippen LogP contribution in [0.2, 0.25) is 0 Å². The van der Waals surface area contributed by atoms with E-state index in [1.807, 2.05) is 48.5 Å². The normalized spacial score (nSPS) is 39.4.